The average Bonchev–Trinajstić information content (AvgIpc) is 2.92. The molecule has 3 rings (SSSR count). The van der Waals surface area contributed by atoms with E-state index in [4.69, 9.17) is 5.11 Å². The molecule has 24 heavy (non-hydrogen) atoms. The van der Waals surface area contributed by atoms with Gasteiger partial charge in [-0.15, -0.1) is 0 Å². The topological polar surface area (TPSA) is 76.4 Å². The molecule has 7 heteroatoms. The molecule has 124 valence electrons. The van der Waals surface area contributed by atoms with Crippen LogP contribution in [0.4, 0.5) is 4.39 Å². The first-order valence-corrected chi connectivity index (χ1v) is 8.65. The first-order valence-electron chi connectivity index (χ1n) is 7.21. The number of carboxylic acids is 1. The Kier molecular flexibility index (Phi) is 4.11. The fourth-order valence-corrected chi connectivity index (χ4v) is 4.00. The Morgan fingerprint density at radius 1 is 1.12 bits per heavy atom. The molecule has 0 radical (unpaired) electrons. The van der Waals surface area contributed by atoms with Crippen LogP contribution in [0.3, 0.4) is 0 Å². The van der Waals surface area contributed by atoms with Gasteiger partial charge in [-0.05, 0) is 42.3 Å². The third-order valence-electron chi connectivity index (χ3n) is 3.72. The van der Waals surface area contributed by atoms with Crippen molar-refractivity contribution in [2.24, 2.45) is 0 Å². The van der Waals surface area contributed by atoms with Gasteiger partial charge in [0.2, 0.25) is 0 Å². The molecule has 0 aliphatic heterocycles. The lowest BCUT2D eigenvalue weighted by Gasteiger charge is -2.07. The third kappa shape index (κ3) is 2.90. The van der Waals surface area contributed by atoms with E-state index >= 15 is 0 Å². The molecule has 3 aromatic rings. The number of aliphatic carboxylic acids is 1. The van der Waals surface area contributed by atoms with E-state index in [1.165, 1.54) is 36.5 Å². The zero-order chi connectivity index (χ0) is 17.3. The highest BCUT2D eigenvalue weighted by Crippen LogP contribution is 2.27. The molecule has 1 N–H and O–H groups in total. The van der Waals surface area contributed by atoms with Gasteiger partial charge in [0.1, 0.15) is 5.82 Å². The van der Waals surface area contributed by atoms with Crippen molar-refractivity contribution in [1.29, 1.82) is 0 Å². The Morgan fingerprint density at radius 2 is 1.83 bits per heavy atom. The summed E-state index contributed by atoms with van der Waals surface area (Å²) in [4.78, 5) is 10.9. The molecule has 5 nitrogen and oxygen atoms in total. The van der Waals surface area contributed by atoms with Gasteiger partial charge in [-0.2, -0.15) is 0 Å². The number of benzene rings is 2. The number of nitrogens with zero attached hydrogens (tertiary/aromatic N) is 1. The molecular weight excluding hydrogens is 333 g/mol. The summed E-state index contributed by atoms with van der Waals surface area (Å²) < 4.78 is 40.3. The summed E-state index contributed by atoms with van der Waals surface area (Å²) in [6, 6.07) is 11.7. The van der Waals surface area contributed by atoms with E-state index in [1.807, 2.05) is 0 Å². The maximum absolute atomic E-state index is 13.6. The van der Waals surface area contributed by atoms with Gasteiger partial charge in [0, 0.05) is 18.0 Å². The van der Waals surface area contributed by atoms with Crippen LogP contribution in [0.2, 0.25) is 0 Å². The smallest absolute Gasteiger partial charge is 0.303 e. The molecule has 1 aromatic heterocycles. The third-order valence-corrected chi connectivity index (χ3v) is 5.41. The van der Waals surface area contributed by atoms with Gasteiger partial charge in [-0.25, -0.2) is 16.8 Å². The van der Waals surface area contributed by atoms with E-state index in [1.54, 1.807) is 18.2 Å². The van der Waals surface area contributed by atoms with Gasteiger partial charge in [-0.1, -0.05) is 18.2 Å². The van der Waals surface area contributed by atoms with Crippen molar-refractivity contribution in [2.45, 2.75) is 17.7 Å². The summed E-state index contributed by atoms with van der Waals surface area (Å²) in [5.74, 6) is -1.51. The van der Waals surface area contributed by atoms with E-state index in [0.29, 0.717) is 16.5 Å². The van der Waals surface area contributed by atoms with Gasteiger partial charge < -0.3 is 5.11 Å². The fourth-order valence-electron chi connectivity index (χ4n) is 2.58. The van der Waals surface area contributed by atoms with Gasteiger partial charge in [0.05, 0.1) is 10.4 Å². The summed E-state index contributed by atoms with van der Waals surface area (Å²) >= 11 is 0. The van der Waals surface area contributed by atoms with E-state index in [2.05, 4.69) is 0 Å². The zero-order valence-corrected chi connectivity index (χ0v) is 13.3. The minimum Gasteiger partial charge on any atom is -0.481 e. The first-order chi connectivity index (χ1) is 11.4. The zero-order valence-electron chi connectivity index (χ0n) is 12.5. The summed E-state index contributed by atoms with van der Waals surface area (Å²) in [5.41, 5.74) is 0.798. The van der Waals surface area contributed by atoms with Gasteiger partial charge >= 0.3 is 5.97 Å². The highest BCUT2D eigenvalue weighted by Gasteiger charge is 2.21. The van der Waals surface area contributed by atoms with E-state index in [0.717, 1.165) is 3.97 Å². The molecule has 0 aliphatic carbocycles. The molecule has 0 unspecified atom stereocenters. The standard InChI is InChI=1S/C17H14FNO4S/c18-13-7-8-16-15(10-13)12(6-9-17(20)21)11-19(16)24(22,23)14-4-2-1-3-5-14/h1-5,7-8,10-11H,6,9H2,(H,20,21). The molecule has 0 amide bonds. The number of halogens is 1. The molecule has 0 spiro atoms. The number of carbonyl (C=O) groups is 1. The van der Waals surface area contributed by atoms with Crippen LogP contribution in [0, 0.1) is 5.82 Å². The Morgan fingerprint density at radius 3 is 2.50 bits per heavy atom. The summed E-state index contributed by atoms with van der Waals surface area (Å²) in [5, 5.41) is 9.25. The van der Waals surface area contributed by atoms with Crippen molar-refractivity contribution in [2.75, 3.05) is 0 Å². The molecule has 0 atom stereocenters. The second-order valence-electron chi connectivity index (χ2n) is 5.32. The molecule has 0 bridgehead atoms. The van der Waals surface area contributed by atoms with Crippen LogP contribution in [0.5, 0.6) is 0 Å². The van der Waals surface area contributed by atoms with Crippen LogP contribution in [0.15, 0.2) is 59.6 Å². The molecule has 0 fully saturated rings. The van der Waals surface area contributed by atoms with E-state index in [-0.39, 0.29) is 17.7 Å². The van der Waals surface area contributed by atoms with Crippen LogP contribution in [0.1, 0.15) is 12.0 Å². The van der Waals surface area contributed by atoms with Crippen LogP contribution >= 0.6 is 0 Å². The Hall–Kier alpha value is -2.67. The number of hydrogen-bond acceptors (Lipinski definition) is 3. The lowest BCUT2D eigenvalue weighted by molar-refractivity contribution is -0.136. The van der Waals surface area contributed by atoms with Crippen LogP contribution < -0.4 is 0 Å². The van der Waals surface area contributed by atoms with E-state index < -0.39 is 21.8 Å². The van der Waals surface area contributed by atoms with Gasteiger partial charge in [0.25, 0.3) is 10.0 Å². The largest absolute Gasteiger partial charge is 0.481 e. The summed E-state index contributed by atoms with van der Waals surface area (Å²) in [6.07, 6.45) is 1.32. The second-order valence-corrected chi connectivity index (χ2v) is 7.14. The predicted octanol–water partition coefficient (Wildman–Crippen LogP) is 3.03. The lowest BCUT2D eigenvalue weighted by atomic mass is 10.1. The van der Waals surface area contributed by atoms with Crippen molar-refractivity contribution in [3.8, 4) is 0 Å². The second kappa shape index (κ2) is 6.09. The molecule has 2 aromatic carbocycles. The quantitative estimate of drug-likeness (QED) is 0.770. The minimum atomic E-state index is -3.85. The maximum atomic E-state index is 13.6. The van der Waals surface area contributed by atoms with Crippen molar-refractivity contribution in [1.82, 2.24) is 3.97 Å². The lowest BCUT2D eigenvalue weighted by Crippen LogP contribution is -2.11. The monoisotopic (exact) mass is 347 g/mol. The van der Waals surface area contributed by atoms with Crippen molar-refractivity contribution in [3.05, 3.63) is 66.1 Å². The fraction of sp³-hybridized carbons (Fsp3) is 0.118. The number of rotatable bonds is 5. The highest BCUT2D eigenvalue weighted by molar-refractivity contribution is 7.90. The molecule has 0 aliphatic rings. The molecule has 1 heterocycles. The predicted molar refractivity (Wildman–Crippen MR) is 86.9 cm³/mol. The van der Waals surface area contributed by atoms with Crippen LogP contribution in [-0.4, -0.2) is 23.5 Å². The van der Waals surface area contributed by atoms with Crippen LogP contribution in [0.25, 0.3) is 10.9 Å². The molecular formula is C17H14FNO4S. The number of hydrogen-bond donors (Lipinski definition) is 1. The van der Waals surface area contributed by atoms with Crippen molar-refractivity contribution in [3.63, 3.8) is 0 Å². The SMILES string of the molecule is O=C(O)CCc1cn(S(=O)(=O)c2ccccc2)c2ccc(F)cc12. The van der Waals surface area contributed by atoms with E-state index in [9.17, 15) is 17.6 Å². The average molecular weight is 347 g/mol. The summed E-state index contributed by atoms with van der Waals surface area (Å²) in [7, 11) is -3.85. The first kappa shape index (κ1) is 16.2. The highest BCUT2D eigenvalue weighted by atomic mass is 32.2. The molecule has 0 saturated heterocycles. The van der Waals surface area contributed by atoms with Gasteiger partial charge in [-0.3, -0.25) is 4.79 Å². The number of aromatic nitrogens is 1. The Bertz CT molecular complexity index is 1010. The number of aryl methyl sites for hydroxylation is 1. The maximum Gasteiger partial charge on any atom is 0.303 e. The van der Waals surface area contributed by atoms with Gasteiger partial charge in [0.15, 0.2) is 0 Å². The normalized spacial score (nSPS) is 11.7. The van der Waals surface area contributed by atoms with Crippen LogP contribution in [-0.2, 0) is 21.2 Å². The van der Waals surface area contributed by atoms with Crippen molar-refractivity contribution < 1.29 is 22.7 Å². The number of fused-ring (bicyclic) bond motifs is 1. The van der Waals surface area contributed by atoms with Crippen molar-refractivity contribution >= 4 is 26.9 Å². The minimum absolute atomic E-state index is 0.107. The summed E-state index contributed by atoms with van der Waals surface area (Å²) in [6.45, 7) is 0. The molecule has 0 saturated carbocycles. The number of carboxylic acid groups (broad SMARTS) is 1. The Balaban J connectivity index is 2.20. The Labute approximate surface area is 138 Å².